The summed E-state index contributed by atoms with van der Waals surface area (Å²) in [5.74, 6) is 3.50. The van der Waals surface area contributed by atoms with Crippen molar-refractivity contribution in [3.05, 3.63) is 23.3 Å². The minimum absolute atomic E-state index is 0.328. The molecule has 2 heterocycles. The van der Waals surface area contributed by atoms with E-state index in [1.807, 2.05) is 18.0 Å². The highest BCUT2D eigenvalue weighted by Gasteiger charge is 2.29. The second-order valence-corrected chi connectivity index (χ2v) is 8.15. The Morgan fingerprint density at radius 2 is 2.10 bits per heavy atom. The van der Waals surface area contributed by atoms with Gasteiger partial charge in [0.05, 0.1) is 5.25 Å². The van der Waals surface area contributed by atoms with E-state index in [-0.39, 0.29) is 0 Å². The van der Waals surface area contributed by atoms with Gasteiger partial charge in [-0.3, -0.25) is 0 Å². The van der Waals surface area contributed by atoms with Crippen LogP contribution in [0.1, 0.15) is 62.0 Å². The van der Waals surface area contributed by atoms with Gasteiger partial charge in [-0.25, -0.2) is 9.97 Å². The van der Waals surface area contributed by atoms with Crippen molar-refractivity contribution in [1.82, 2.24) is 15.3 Å². The van der Waals surface area contributed by atoms with Crippen LogP contribution in [-0.2, 0) is 0 Å². The number of hydrogen-bond acceptors (Lipinski definition) is 5. The average Bonchev–Trinajstić information content (AvgIpc) is 2.52. The Morgan fingerprint density at radius 3 is 2.76 bits per heavy atom. The van der Waals surface area contributed by atoms with E-state index in [1.54, 1.807) is 0 Å². The van der Waals surface area contributed by atoms with Crippen molar-refractivity contribution < 1.29 is 0 Å². The second kappa shape index (κ2) is 8.39. The number of nitrogens with zero attached hydrogens (tertiary/aromatic N) is 2. The van der Waals surface area contributed by atoms with Crippen LogP contribution in [0.5, 0.6) is 0 Å². The third kappa shape index (κ3) is 4.36. The number of thioether (sulfide) groups is 2. The van der Waals surface area contributed by atoms with Crippen LogP contribution < -0.4 is 5.32 Å². The zero-order valence-electron chi connectivity index (χ0n) is 13.6. The van der Waals surface area contributed by atoms with Crippen LogP contribution in [0.25, 0.3) is 0 Å². The number of rotatable bonds is 6. The van der Waals surface area contributed by atoms with Crippen molar-refractivity contribution >= 4 is 23.5 Å². The molecule has 1 fully saturated rings. The Kier molecular flexibility index (Phi) is 6.83. The Labute approximate surface area is 137 Å². The highest BCUT2D eigenvalue weighted by atomic mass is 32.2. The van der Waals surface area contributed by atoms with Gasteiger partial charge in [-0.15, -0.1) is 11.8 Å². The van der Waals surface area contributed by atoms with E-state index in [0.717, 1.165) is 24.5 Å². The molecule has 0 amide bonds. The molecule has 0 radical (unpaired) electrons. The Hall–Kier alpha value is -0.260. The SMILES string of the molecule is CCCNC(C)c1cnc(C2SCCSC2CC)nc1C. The van der Waals surface area contributed by atoms with Gasteiger partial charge in [0.15, 0.2) is 0 Å². The lowest BCUT2D eigenvalue weighted by atomic mass is 10.1. The minimum atomic E-state index is 0.328. The normalized spacial score (nSPS) is 24.0. The standard InChI is InChI=1S/C16H27N3S2/c1-5-7-17-11(3)13-10-18-16(19-12(13)4)15-14(6-2)20-8-9-21-15/h10-11,14-15,17H,5-9H2,1-4H3. The molecule has 2 rings (SSSR count). The summed E-state index contributed by atoms with van der Waals surface area (Å²) in [7, 11) is 0. The largest absolute Gasteiger partial charge is 0.310 e. The fourth-order valence-corrected chi connectivity index (χ4v) is 5.67. The van der Waals surface area contributed by atoms with Gasteiger partial charge in [0.1, 0.15) is 5.82 Å². The molecular formula is C16H27N3S2. The first-order chi connectivity index (χ1) is 10.2. The van der Waals surface area contributed by atoms with Gasteiger partial charge < -0.3 is 5.32 Å². The molecule has 0 aromatic carbocycles. The first kappa shape index (κ1) is 17.1. The summed E-state index contributed by atoms with van der Waals surface area (Å²) >= 11 is 4.10. The van der Waals surface area contributed by atoms with E-state index in [9.17, 15) is 0 Å². The number of hydrogen-bond donors (Lipinski definition) is 1. The van der Waals surface area contributed by atoms with E-state index in [1.165, 1.54) is 23.5 Å². The molecule has 0 saturated carbocycles. The summed E-state index contributed by atoms with van der Waals surface area (Å²) in [6.45, 7) is 9.81. The van der Waals surface area contributed by atoms with Crippen molar-refractivity contribution in [2.45, 2.75) is 57.1 Å². The lowest BCUT2D eigenvalue weighted by Gasteiger charge is -2.29. The molecule has 1 N–H and O–H groups in total. The molecule has 3 nitrogen and oxygen atoms in total. The van der Waals surface area contributed by atoms with E-state index in [0.29, 0.717) is 16.5 Å². The lowest BCUT2D eigenvalue weighted by molar-refractivity contribution is 0.562. The maximum Gasteiger partial charge on any atom is 0.142 e. The molecule has 21 heavy (non-hydrogen) atoms. The molecule has 1 aliphatic heterocycles. The zero-order chi connectivity index (χ0) is 15.2. The molecule has 0 spiro atoms. The van der Waals surface area contributed by atoms with Gasteiger partial charge in [0.2, 0.25) is 0 Å². The van der Waals surface area contributed by atoms with Crippen LogP contribution in [-0.4, -0.2) is 33.3 Å². The Balaban J connectivity index is 2.14. The summed E-state index contributed by atoms with van der Waals surface area (Å²) in [5, 5.41) is 4.63. The molecule has 3 unspecified atom stereocenters. The Morgan fingerprint density at radius 1 is 1.33 bits per heavy atom. The summed E-state index contributed by atoms with van der Waals surface area (Å²) in [4.78, 5) is 9.54. The van der Waals surface area contributed by atoms with Crippen LogP contribution in [0.2, 0.25) is 0 Å². The highest BCUT2D eigenvalue weighted by Crippen LogP contribution is 2.42. The van der Waals surface area contributed by atoms with Crippen LogP contribution >= 0.6 is 23.5 Å². The summed E-state index contributed by atoms with van der Waals surface area (Å²) in [6, 6.07) is 0.328. The fourth-order valence-electron chi connectivity index (χ4n) is 2.67. The van der Waals surface area contributed by atoms with Crippen LogP contribution in [0, 0.1) is 6.92 Å². The van der Waals surface area contributed by atoms with Crippen molar-refractivity contribution in [2.75, 3.05) is 18.1 Å². The molecule has 5 heteroatoms. The van der Waals surface area contributed by atoms with Gasteiger partial charge in [0, 0.05) is 40.3 Å². The topological polar surface area (TPSA) is 37.8 Å². The van der Waals surface area contributed by atoms with Gasteiger partial charge >= 0.3 is 0 Å². The molecule has 1 aromatic rings. The van der Waals surface area contributed by atoms with Crippen molar-refractivity contribution in [3.63, 3.8) is 0 Å². The molecule has 0 aliphatic carbocycles. The van der Waals surface area contributed by atoms with Gasteiger partial charge in [-0.2, -0.15) is 11.8 Å². The molecule has 1 aliphatic rings. The van der Waals surface area contributed by atoms with Crippen LogP contribution in [0.4, 0.5) is 0 Å². The van der Waals surface area contributed by atoms with E-state index < -0.39 is 0 Å². The third-order valence-corrected chi connectivity index (χ3v) is 7.15. The smallest absolute Gasteiger partial charge is 0.142 e. The van der Waals surface area contributed by atoms with E-state index >= 15 is 0 Å². The first-order valence-corrected chi connectivity index (χ1v) is 10.1. The number of nitrogens with one attached hydrogen (secondary N) is 1. The van der Waals surface area contributed by atoms with E-state index in [2.05, 4.69) is 44.8 Å². The number of aromatic nitrogens is 2. The molecule has 1 aromatic heterocycles. The first-order valence-electron chi connectivity index (χ1n) is 7.97. The predicted molar refractivity (Wildman–Crippen MR) is 95.2 cm³/mol. The summed E-state index contributed by atoms with van der Waals surface area (Å²) in [5.41, 5.74) is 2.36. The molecule has 1 saturated heterocycles. The number of aryl methyl sites for hydroxylation is 1. The van der Waals surface area contributed by atoms with Gasteiger partial charge in [-0.05, 0) is 33.2 Å². The summed E-state index contributed by atoms with van der Waals surface area (Å²) < 4.78 is 0. The van der Waals surface area contributed by atoms with Crippen molar-refractivity contribution in [2.24, 2.45) is 0 Å². The van der Waals surface area contributed by atoms with Crippen molar-refractivity contribution in [1.29, 1.82) is 0 Å². The van der Waals surface area contributed by atoms with Gasteiger partial charge in [-0.1, -0.05) is 13.8 Å². The lowest BCUT2D eigenvalue weighted by Crippen LogP contribution is -2.23. The highest BCUT2D eigenvalue weighted by molar-refractivity contribution is 8.06. The van der Waals surface area contributed by atoms with Crippen LogP contribution in [0.3, 0.4) is 0 Å². The molecule has 3 atom stereocenters. The maximum atomic E-state index is 4.84. The predicted octanol–water partition coefficient (Wildman–Crippen LogP) is 4.15. The second-order valence-electron chi connectivity index (χ2n) is 5.55. The quantitative estimate of drug-likeness (QED) is 0.850. The Bertz CT molecular complexity index is 453. The monoisotopic (exact) mass is 325 g/mol. The van der Waals surface area contributed by atoms with Crippen LogP contribution in [0.15, 0.2) is 6.20 Å². The summed E-state index contributed by atoms with van der Waals surface area (Å²) in [6.07, 6.45) is 4.38. The van der Waals surface area contributed by atoms with E-state index in [4.69, 9.17) is 9.97 Å². The molecule has 118 valence electrons. The van der Waals surface area contributed by atoms with Gasteiger partial charge in [0.25, 0.3) is 0 Å². The minimum Gasteiger partial charge on any atom is -0.310 e. The molecule has 0 bridgehead atoms. The average molecular weight is 326 g/mol. The maximum absolute atomic E-state index is 4.84. The third-order valence-electron chi connectivity index (χ3n) is 3.91. The molecular weight excluding hydrogens is 298 g/mol. The zero-order valence-corrected chi connectivity index (χ0v) is 15.2. The van der Waals surface area contributed by atoms with Crippen molar-refractivity contribution in [3.8, 4) is 0 Å². The fraction of sp³-hybridized carbons (Fsp3) is 0.750.